The highest BCUT2D eigenvalue weighted by Gasteiger charge is 2.40. The summed E-state index contributed by atoms with van der Waals surface area (Å²) in [6.07, 6.45) is 0.531. The van der Waals surface area contributed by atoms with E-state index in [1.807, 2.05) is 40.1 Å². The molecule has 2 nitrogen and oxygen atoms in total. The molecule has 0 unspecified atom stereocenters. The first-order chi connectivity index (χ1) is 18.3. The molecule has 0 amide bonds. The van der Waals surface area contributed by atoms with Gasteiger partial charge in [0, 0.05) is 47.1 Å². The van der Waals surface area contributed by atoms with E-state index >= 15 is 0 Å². The highest BCUT2D eigenvalue weighted by atomic mass is 14.9. The van der Waals surface area contributed by atoms with Crippen LogP contribution in [0.2, 0.25) is 0 Å². The molecule has 37 heavy (non-hydrogen) atoms. The van der Waals surface area contributed by atoms with Crippen LogP contribution in [0.1, 0.15) is 59.6 Å². The lowest BCUT2D eigenvalue weighted by Gasteiger charge is -2.21. The fourth-order valence-corrected chi connectivity index (χ4v) is 6.82. The van der Waals surface area contributed by atoms with Gasteiger partial charge in [0.2, 0.25) is 5.69 Å². The number of pyridine rings is 1. The molecule has 0 fully saturated rings. The van der Waals surface area contributed by atoms with Crippen molar-refractivity contribution in [1.29, 1.82) is 0 Å². The summed E-state index contributed by atoms with van der Waals surface area (Å²) in [5, 5.41) is 3.89. The van der Waals surface area contributed by atoms with Gasteiger partial charge in [0.05, 0.1) is 16.7 Å². The lowest BCUT2D eigenvalue weighted by Crippen LogP contribution is -2.32. The molecule has 0 N–H and O–H groups in total. The average Bonchev–Trinajstić information content (AvgIpc) is 3.47. The van der Waals surface area contributed by atoms with E-state index < -0.39 is 11.8 Å². The Balaban J connectivity index is 1.50. The second-order valence-corrected chi connectivity index (χ2v) is 12.4. The van der Waals surface area contributed by atoms with Crippen LogP contribution in [0, 0.1) is 12.3 Å². The van der Waals surface area contributed by atoms with Crippen LogP contribution >= 0.6 is 0 Å². The zero-order chi connectivity index (χ0) is 27.6. The molecule has 0 aliphatic heterocycles. The molecule has 0 atom stereocenters. The molecule has 3 heterocycles. The topological polar surface area (TPSA) is 8.29 Å². The Morgan fingerprint density at radius 3 is 2.41 bits per heavy atom. The van der Waals surface area contributed by atoms with Crippen molar-refractivity contribution in [2.45, 2.75) is 53.3 Å². The molecule has 3 aromatic heterocycles. The minimum absolute atomic E-state index is 0.0476. The largest absolute Gasteiger partial charge is 0.308 e. The Hall–Kier alpha value is -3.65. The summed E-state index contributed by atoms with van der Waals surface area (Å²) in [5.41, 5.74) is 11.7. The van der Waals surface area contributed by atoms with Crippen molar-refractivity contribution in [1.82, 2.24) is 4.40 Å². The predicted octanol–water partition coefficient (Wildman–Crippen LogP) is 8.38. The number of rotatable bonds is 2. The molecule has 0 bridgehead atoms. The second kappa shape index (κ2) is 7.22. The molecule has 184 valence electrons. The maximum Gasteiger partial charge on any atom is 0.212 e. The van der Waals surface area contributed by atoms with Gasteiger partial charge in [0.1, 0.15) is 7.05 Å². The van der Waals surface area contributed by atoms with Crippen LogP contribution < -0.4 is 4.57 Å². The number of aromatic nitrogens is 2. The van der Waals surface area contributed by atoms with Crippen LogP contribution in [0.3, 0.4) is 0 Å². The summed E-state index contributed by atoms with van der Waals surface area (Å²) in [4.78, 5) is 0. The summed E-state index contributed by atoms with van der Waals surface area (Å²) in [5.74, 6) is 0. The van der Waals surface area contributed by atoms with Gasteiger partial charge in [0.15, 0.2) is 6.20 Å². The molecule has 0 saturated carbocycles. The number of para-hydroxylation sites is 1. The number of benzene rings is 3. The minimum atomic E-state index is -1.43. The van der Waals surface area contributed by atoms with Crippen molar-refractivity contribution in [2.75, 3.05) is 0 Å². The fourth-order valence-electron chi connectivity index (χ4n) is 6.82. The van der Waals surface area contributed by atoms with E-state index in [4.69, 9.17) is 2.74 Å². The van der Waals surface area contributed by atoms with E-state index in [-0.39, 0.29) is 5.41 Å². The predicted molar refractivity (Wildman–Crippen MR) is 156 cm³/mol. The van der Waals surface area contributed by atoms with E-state index in [2.05, 4.69) is 90.4 Å². The van der Waals surface area contributed by atoms with Gasteiger partial charge in [-0.2, -0.15) is 0 Å². The van der Waals surface area contributed by atoms with Gasteiger partial charge in [-0.15, -0.1) is 0 Å². The molecule has 2 heteroatoms. The first-order valence-electron chi connectivity index (χ1n) is 14.3. The normalized spacial score (nSPS) is 15.9. The fraction of sp³-hybridized carbons (Fsp3) is 0.286. The van der Waals surface area contributed by atoms with E-state index in [9.17, 15) is 0 Å². The van der Waals surface area contributed by atoms with Gasteiger partial charge in [-0.1, -0.05) is 77.1 Å². The van der Waals surface area contributed by atoms with Crippen molar-refractivity contribution in [3.05, 3.63) is 95.2 Å². The zero-order valence-electron chi connectivity index (χ0n) is 24.8. The van der Waals surface area contributed by atoms with Crippen molar-refractivity contribution in [3.63, 3.8) is 0 Å². The van der Waals surface area contributed by atoms with Gasteiger partial charge in [-0.25, -0.2) is 4.57 Å². The Morgan fingerprint density at radius 1 is 0.892 bits per heavy atom. The molecule has 3 aromatic carbocycles. The van der Waals surface area contributed by atoms with E-state index in [1.165, 1.54) is 60.7 Å². The number of aryl methyl sites for hydroxylation is 2. The molecular formula is C35H35N2+. The van der Waals surface area contributed by atoms with Crippen LogP contribution in [-0.4, -0.2) is 4.40 Å². The molecule has 7 rings (SSSR count). The third-order valence-electron chi connectivity index (χ3n) is 8.27. The number of fused-ring (bicyclic) bond motifs is 8. The quantitative estimate of drug-likeness (QED) is 0.218. The molecule has 1 aliphatic rings. The Morgan fingerprint density at radius 2 is 1.65 bits per heavy atom. The highest BCUT2D eigenvalue weighted by molar-refractivity contribution is 6.19. The molecule has 0 spiro atoms. The molecular weight excluding hydrogens is 448 g/mol. The molecule has 1 aliphatic carbocycles. The molecule has 6 aromatic rings. The Bertz CT molecular complexity index is 1970. The van der Waals surface area contributed by atoms with Crippen molar-refractivity contribution in [2.24, 2.45) is 12.5 Å². The average molecular weight is 486 g/mol. The molecule has 0 radical (unpaired) electrons. The number of nitrogens with zero attached hydrogens (tertiary/aromatic N) is 2. The van der Waals surface area contributed by atoms with Crippen molar-refractivity contribution >= 4 is 27.2 Å². The third kappa shape index (κ3) is 3.02. The third-order valence-corrected chi connectivity index (χ3v) is 8.27. The minimum Gasteiger partial charge on any atom is -0.308 e. The van der Waals surface area contributed by atoms with Gasteiger partial charge < -0.3 is 4.40 Å². The Kier molecular flexibility index (Phi) is 3.98. The lowest BCUT2D eigenvalue weighted by molar-refractivity contribution is -0.660. The second-order valence-electron chi connectivity index (χ2n) is 12.4. The van der Waals surface area contributed by atoms with E-state index in [0.29, 0.717) is 5.56 Å². The van der Waals surface area contributed by atoms with E-state index in [0.717, 1.165) is 5.69 Å². The first kappa shape index (κ1) is 20.4. The molecule has 0 saturated heterocycles. The number of hydrogen-bond acceptors (Lipinski definition) is 0. The van der Waals surface area contributed by atoms with Gasteiger partial charge >= 0.3 is 0 Å². The summed E-state index contributed by atoms with van der Waals surface area (Å²) >= 11 is 0. The maximum absolute atomic E-state index is 8.74. The highest BCUT2D eigenvalue weighted by Crippen LogP contribution is 2.54. The van der Waals surface area contributed by atoms with Crippen LogP contribution in [0.15, 0.2) is 72.9 Å². The number of hydrogen-bond donors (Lipinski definition) is 0. The summed E-state index contributed by atoms with van der Waals surface area (Å²) < 4.78 is 22.1. The van der Waals surface area contributed by atoms with Crippen molar-refractivity contribution in [3.8, 4) is 22.5 Å². The standard InChI is InChI=1S/C35H35N2/c1-21-17-30-27(18-26(21)29-16-15-22(20-36(29)7)19-34(2,3)4)23-12-10-13-25-31-33(37(30)32(23)25)24-11-8-9-14-28(24)35(31,5)6/h8-18,20H,19H2,1-7H3/q+1/i19D2. The van der Waals surface area contributed by atoms with Gasteiger partial charge in [-0.05, 0) is 53.6 Å². The van der Waals surface area contributed by atoms with Crippen LogP contribution in [-0.2, 0) is 18.8 Å². The summed E-state index contributed by atoms with van der Waals surface area (Å²) in [7, 11) is 2.03. The van der Waals surface area contributed by atoms with Gasteiger partial charge in [0.25, 0.3) is 0 Å². The van der Waals surface area contributed by atoms with Crippen LogP contribution in [0.4, 0.5) is 0 Å². The van der Waals surface area contributed by atoms with Crippen LogP contribution in [0.5, 0.6) is 0 Å². The van der Waals surface area contributed by atoms with E-state index in [1.54, 1.807) is 0 Å². The smallest absolute Gasteiger partial charge is 0.212 e. The first-order valence-corrected chi connectivity index (χ1v) is 13.3. The van der Waals surface area contributed by atoms with Crippen LogP contribution in [0.25, 0.3) is 49.7 Å². The monoisotopic (exact) mass is 485 g/mol. The maximum atomic E-state index is 8.74. The van der Waals surface area contributed by atoms with Gasteiger partial charge in [-0.3, -0.25) is 0 Å². The Labute approximate surface area is 222 Å². The lowest BCUT2D eigenvalue weighted by atomic mass is 9.81. The van der Waals surface area contributed by atoms with Crippen molar-refractivity contribution < 1.29 is 7.31 Å². The SMILES string of the molecule is [2H]C([2H])(c1ccc(-c2cc3c4cccc5c6c(n(c3cc2C)c54)-c2ccccc2C6(C)C)[n+](C)c1)C(C)(C)C. The summed E-state index contributed by atoms with van der Waals surface area (Å²) in [6, 6.07) is 24.4. The zero-order valence-corrected chi connectivity index (χ0v) is 22.8. The summed E-state index contributed by atoms with van der Waals surface area (Å²) in [6.45, 7) is 12.8.